The van der Waals surface area contributed by atoms with Crippen molar-refractivity contribution >= 4 is 11.6 Å². The van der Waals surface area contributed by atoms with Crippen LogP contribution in [-0.4, -0.2) is 24.1 Å². The molecule has 0 fully saturated rings. The number of fused-ring (bicyclic) bond motifs is 1. The zero-order valence-electron chi connectivity index (χ0n) is 14.4. The number of hydrogen-bond acceptors (Lipinski definition) is 4. The molecule has 136 valence electrons. The maximum atomic E-state index is 13.3. The van der Waals surface area contributed by atoms with Gasteiger partial charge >= 0.3 is 0 Å². The summed E-state index contributed by atoms with van der Waals surface area (Å²) in [5.41, 5.74) is 2.27. The van der Waals surface area contributed by atoms with Crippen LogP contribution in [-0.2, 0) is 0 Å². The highest BCUT2D eigenvalue weighted by atomic mass is 19.1. The number of benzene rings is 2. The van der Waals surface area contributed by atoms with Gasteiger partial charge in [0, 0.05) is 29.9 Å². The van der Waals surface area contributed by atoms with Gasteiger partial charge in [-0.05, 0) is 36.4 Å². The Kier molecular flexibility index (Phi) is 4.70. The molecule has 1 aliphatic rings. The second-order valence-electron chi connectivity index (χ2n) is 6.11. The number of carbonyl (C=O) groups excluding carboxylic acids is 1. The van der Waals surface area contributed by atoms with Crippen molar-refractivity contribution in [3.8, 4) is 22.8 Å². The Morgan fingerprint density at radius 3 is 2.63 bits per heavy atom. The normalized spacial score (nSPS) is 12.9. The molecule has 27 heavy (non-hydrogen) atoms. The lowest BCUT2D eigenvalue weighted by molar-refractivity contribution is 0.102. The fourth-order valence-electron chi connectivity index (χ4n) is 2.79. The Labute approximate surface area is 155 Å². The molecule has 6 heteroatoms. The minimum atomic E-state index is -0.328. The number of carbonyl (C=O) groups is 1. The number of pyridine rings is 1. The Balaban J connectivity index is 1.49. The monoisotopic (exact) mass is 364 g/mol. The van der Waals surface area contributed by atoms with Crippen LogP contribution in [0.15, 0.2) is 60.8 Å². The Morgan fingerprint density at radius 1 is 1.00 bits per heavy atom. The number of anilines is 1. The van der Waals surface area contributed by atoms with Crippen LogP contribution < -0.4 is 14.8 Å². The van der Waals surface area contributed by atoms with Gasteiger partial charge < -0.3 is 14.8 Å². The fraction of sp³-hybridized carbons (Fsp3) is 0.143. The van der Waals surface area contributed by atoms with Gasteiger partial charge in [-0.15, -0.1) is 0 Å². The van der Waals surface area contributed by atoms with Crippen molar-refractivity contribution in [2.24, 2.45) is 0 Å². The lowest BCUT2D eigenvalue weighted by Crippen LogP contribution is -2.12. The summed E-state index contributed by atoms with van der Waals surface area (Å²) >= 11 is 0. The summed E-state index contributed by atoms with van der Waals surface area (Å²) in [6, 6.07) is 14.8. The summed E-state index contributed by atoms with van der Waals surface area (Å²) in [7, 11) is 0. The molecule has 4 rings (SSSR count). The standard InChI is InChI=1S/C21H17FN2O3/c22-16-4-1-3-14(11-16)18-7-5-15(13-23-18)21(25)24-17-6-8-19-20(12-17)27-10-2-9-26-19/h1,3-8,11-13H,2,9-10H2,(H,24,25). The SMILES string of the molecule is O=C(Nc1ccc2c(c1)OCCCO2)c1ccc(-c2cccc(F)c2)nc1. The first kappa shape index (κ1) is 17.0. The second kappa shape index (κ2) is 7.45. The van der Waals surface area contributed by atoms with Crippen molar-refractivity contribution in [3.63, 3.8) is 0 Å². The van der Waals surface area contributed by atoms with Gasteiger partial charge in [-0.1, -0.05) is 12.1 Å². The molecule has 1 aliphatic heterocycles. The molecule has 0 saturated carbocycles. The first-order chi connectivity index (χ1) is 13.2. The van der Waals surface area contributed by atoms with Crippen LogP contribution in [0.3, 0.4) is 0 Å². The molecule has 0 aliphatic carbocycles. The van der Waals surface area contributed by atoms with Crippen molar-refractivity contribution in [3.05, 3.63) is 72.2 Å². The maximum absolute atomic E-state index is 13.3. The van der Waals surface area contributed by atoms with E-state index in [9.17, 15) is 9.18 Å². The van der Waals surface area contributed by atoms with E-state index in [1.165, 1.54) is 18.3 Å². The lowest BCUT2D eigenvalue weighted by atomic mass is 10.1. The number of nitrogens with one attached hydrogen (secondary N) is 1. The third-order valence-electron chi connectivity index (χ3n) is 4.15. The first-order valence-electron chi connectivity index (χ1n) is 8.62. The predicted octanol–water partition coefficient (Wildman–Crippen LogP) is 4.30. The van der Waals surface area contributed by atoms with Crippen molar-refractivity contribution in [1.82, 2.24) is 4.98 Å². The number of rotatable bonds is 3. The third kappa shape index (κ3) is 3.89. The highest BCUT2D eigenvalue weighted by molar-refractivity contribution is 6.04. The zero-order valence-corrected chi connectivity index (χ0v) is 14.4. The van der Waals surface area contributed by atoms with E-state index in [1.807, 2.05) is 0 Å². The molecule has 5 nitrogen and oxygen atoms in total. The van der Waals surface area contributed by atoms with Crippen molar-refractivity contribution in [2.75, 3.05) is 18.5 Å². The molecule has 0 atom stereocenters. The molecular weight excluding hydrogens is 347 g/mol. The van der Waals surface area contributed by atoms with Gasteiger partial charge in [0.15, 0.2) is 11.5 Å². The summed E-state index contributed by atoms with van der Waals surface area (Å²) in [6.45, 7) is 1.19. The average molecular weight is 364 g/mol. The van der Waals surface area contributed by atoms with E-state index >= 15 is 0 Å². The molecule has 0 radical (unpaired) electrons. The van der Waals surface area contributed by atoms with Crippen LogP contribution in [0.5, 0.6) is 11.5 Å². The molecular formula is C21H17FN2O3. The smallest absolute Gasteiger partial charge is 0.257 e. The van der Waals surface area contributed by atoms with Gasteiger partial charge in [0.05, 0.1) is 24.5 Å². The summed E-state index contributed by atoms with van der Waals surface area (Å²) < 4.78 is 24.6. The first-order valence-corrected chi connectivity index (χ1v) is 8.62. The van der Waals surface area contributed by atoms with Crippen LogP contribution in [0.1, 0.15) is 16.8 Å². The van der Waals surface area contributed by atoms with Crippen LogP contribution >= 0.6 is 0 Å². The van der Waals surface area contributed by atoms with Crippen molar-refractivity contribution in [2.45, 2.75) is 6.42 Å². The molecule has 1 amide bonds. The zero-order chi connectivity index (χ0) is 18.6. The van der Waals surface area contributed by atoms with Gasteiger partial charge in [-0.3, -0.25) is 9.78 Å². The molecule has 1 N–H and O–H groups in total. The summed E-state index contributed by atoms with van der Waals surface area (Å²) in [4.78, 5) is 16.7. The number of nitrogens with zero attached hydrogens (tertiary/aromatic N) is 1. The predicted molar refractivity (Wildman–Crippen MR) is 99.6 cm³/mol. The highest BCUT2D eigenvalue weighted by Crippen LogP contribution is 2.32. The van der Waals surface area contributed by atoms with Gasteiger partial charge in [-0.25, -0.2) is 4.39 Å². The topological polar surface area (TPSA) is 60.5 Å². The minimum absolute atomic E-state index is 0.289. The second-order valence-corrected chi connectivity index (χ2v) is 6.11. The van der Waals surface area contributed by atoms with E-state index in [1.54, 1.807) is 42.5 Å². The summed E-state index contributed by atoms with van der Waals surface area (Å²) in [5.74, 6) is 0.671. The molecule has 2 heterocycles. The molecule has 0 bridgehead atoms. The van der Waals surface area contributed by atoms with Gasteiger partial charge in [0.2, 0.25) is 0 Å². The molecule has 0 unspecified atom stereocenters. The van der Waals surface area contributed by atoms with E-state index < -0.39 is 0 Å². The third-order valence-corrected chi connectivity index (χ3v) is 4.15. The molecule has 1 aromatic heterocycles. The van der Waals surface area contributed by atoms with E-state index in [2.05, 4.69) is 10.3 Å². The molecule has 0 spiro atoms. The number of ether oxygens (including phenoxy) is 2. The highest BCUT2D eigenvalue weighted by Gasteiger charge is 2.13. The van der Waals surface area contributed by atoms with E-state index in [-0.39, 0.29) is 11.7 Å². The van der Waals surface area contributed by atoms with Gasteiger partial charge in [-0.2, -0.15) is 0 Å². The summed E-state index contributed by atoms with van der Waals surface area (Å²) in [5, 5.41) is 2.82. The Bertz CT molecular complexity index is 973. The largest absolute Gasteiger partial charge is 0.490 e. The summed E-state index contributed by atoms with van der Waals surface area (Å²) in [6.07, 6.45) is 2.29. The van der Waals surface area contributed by atoms with E-state index in [4.69, 9.17) is 9.47 Å². The van der Waals surface area contributed by atoms with Crippen LogP contribution in [0, 0.1) is 5.82 Å². The van der Waals surface area contributed by atoms with E-state index in [0.29, 0.717) is 47.2 Å². The Hall–Kier alpha value is -3.41. The minimum Gasteiger partial charge on any atom is -0.490 e. The molecule has 2 aromatic carbocycles. The van der Waals surface area contributed by atoms with Crippen LogP contribution in [0.25, 0.3) is 11.3 Å². The van der Waals surface area contributed by atoms with E-state index in [0.717, 1.165) is 6.42 Å². The Morgan fingerprint density at radius 2 is 1.85 bits per heavy atom. The lowest BCUT2D eigenvalue weighted by Gasteiger charge is -2.10. The van der Waals surface area contributed by atoms with Gasteiger partial charge in [0.25, 0.3) is 5.91 Å². The fourth-order valence-corrected chi connectivity index (χ4v) is 2.79. The van der Waals surface area contributed by atoms with Crippen molar-refractivity contribution < 1.29 is 18.7 Å². The number of halogens is 1. The number of amides is 1. The number of hydrogen-bond donors (Lipinski definition) is 1. The van der Waals surface area contributed by atoms with Crippen LogP contribution in [0.2, 0.25) is 0 Å². The molecule has 0 saturated heterocycles. The quantitative estimate of drug-likeness (QED) is 0.753. The van der Waals surface area contributed by atoms with Crippen molar-refractivity contribution in [1.29, 1.82) is 0 Å². The average Bonchev–Trinajstić information content (AvgIpc) is 2.93. The van der Waals surface area contributed by atoms with Crippen LogP contribution in [0.4, 0.5) is 10.1 Å². The molecule has 3 aromatic rings. The number of aromatic nitrogens is 1. The van der Waals surface area contributed by atoms with Gasteiger partial charge in [0.1, 0.15) is 5.82 Å². The maximum Gasteiger partial charge on any atom is 0.257 e.